The van der Waals surface area contributed by atoms with Crippen LogP contribution in [0.25, 0.3) is 0 Å². The summed E-state index contributed by atoms with van der Waals surface area (Å²) in [4.78, 5) is 11.6. The first kappa shape index (κ1) is 12.8. The van der Waals surface area contributed by atoms with Crippen LogP contribution in [0.4, 0.5) is 0 Å². The molecule has 1 amide bonds. The molecular formula is C11H21NO2S. The van der Waals surface area contributed by atoms with Gasteiger partial charge in [0.1, 0.15) is 0 Å². The smallest absolute Gasteiger partial charge is 0.233 e. The van der Waals surface area contributed by atoms with Gasteiger partial charge in [-0.1, -0.05) is 20.8 Å². The number of aliphatic hydroxyl groups excluding tert-OH is 1. The largest absolute Gasteiger partial charge is 0.391 e. The van der Waals surface area contributed by atoms with E-state index in [1.807, 2.05) is 20.8 Å². The van der Waals surface area contributed by atoms with Crippen LogP contribution in [-0.2, 0) is 4.79 Å². The first-order valence-electron chi connectivity index (χ1n) is 5.48. The second-order valence-corrected chi connectivity index (χ2v) is 6.44. The minimum atomic E-state index is -0.479. The fourth-order valence-corrected chi connectivity index (χ4v) is 2.59. The molecule has 1 fully saturated rings. The van der Waals surface area contributed by atoms with E-state index < -0.39 is 6.10 Å². The summed E-state index contributed by atoms with van der Waals surface area (Å²) in [5.41, 5.74) is -0.171. The van der Waals surface area contributed by atoms with E-state index in [0.717, 1.165) is 18.6 Å². The van der Waals surface area contributed by atoms with Gasteiger partial charge in [-0.25, -0.2) is 0 Å². The molecule has 0 bridgehead atoms. The van der Waals surface area contributed by atoms with Gasteiger partial charge in [-0.3, -0.25) is 4.79 Å². The van der Waals surface area contributed by atoms with Gasteiger partial charge in [0.25, 0.3) is 0 Å². The molecule has 0 aromatic rings. The molecule has 0 aromatic carbocycles. The zero-order valence-corrected chi connectivity index (χ0v) is 10.6. The Morgan fingerprint density at radius 1 is 1.60 bits per heavy atom. The number of aliphatic hydroxyl groups is 1. The summed E-state index contributed by atoms with van der Waals surface area (Å²) in [7, 11) is 0. The Labute approximate surface area is 96.0 Å². The second-order valence-electron chi connectivity index (χ2n) is 5.13. The van der Waals surface area contributed by atoms with Crippen LogP contribution in [0.15, 0.2) is 0 Å². The zero-order valence-electron chi connectivity index (χ0n) is 9.75. The summed E-state index contributed by atoms with van der Waals surface area (Å²) in [5.74, 6) is 1.17. The molecule has 0 aromatic heterocycles. The van der Waals surface area contributed by atoms with Crippen LogP contribution >= 0.6 is 11.8 Å². The Hall–Kier alpha value is -0.220. The van der Waals surface area contributed by atoms with E-state index in [2.05, 4.69) is 5.32 Å². The molecule has 1 aliphatic rings. The van der Waals surface area contributed by atoms with Crippen LogP contribution < -0.4 is 5.32 Å². The van der Waals surface area contributed by atoms with Crippen molar-refractivity contribution in [2.75, 3.05) is 12.3 Å². The van der Waals surface area contributed by atoms with Gasteiger partial charge in [-0.2, -0.15) is 0 Å². The van der Waals surface area contributed by atoms with Crippen LogP contribution in [0.1, 0.15) is 33.6 Å². The molecule has 3 nitrogen and oxygen atoms in total. The van der Waals surface area contributed by atoms with Crippen molar-refractivity contribution in [1.29, 1.82) is 0 Å². The number of thioether (sulfide) groups is 1. The lowest BCUT2D eigenvalue weighted by atomic mass is 9.89. The maximum absolute atomic E-state index is 11.6. The highest BCUT2D eigenvalue weighted by Crippen LogP contribution is 2.26. The van der Waals surface area contributed by atoms with Crippen molar-refractivity contribution in [2.45, 2.75) is 45.0 Å². The molecule has 0 radical (unpaired) electrons. The minimum absolute atomic E-state index is 0.0841. The summed E-state index contributed by atoms with van der Waals surface area (Å²) >= 11 is 1.72. The lowest BCUT2D eigenvalue weighted by Crippen LogP contribution is -2.41. The van der Waals surface area contributed by atoms with Crippen molar-refractivity contribution >= 4 is 17.7 Å². The molecule has 2 atom stereocenters. The van der Waals surface area contributed by atoms with Crippen LogP contribution in [-0.4, -0.2) is 34.7 Å². The van der Waals surface area contributed by atoms with Crippen LogP contribution in [0.2, 0.25) is 0 Å². The summed E-state index contributed by atoms with van der Waals surface area (Å²) in [6.45, 7) is 6.26. The van der Waals surface area contributed by atoms with Gasteiger partial charge in [-0.05, 0) is 24.0 Å². The van der Waals surface area contributed by atoms with Gasteiger partial charge in [0.2, 0.25) is 5.91 Å². The van der Waals surface area contributed by atoms with Crippen molar-refractivity contribution in [2.24, 2.45) is 5.41 Å². The maximum atomic E-state index is 11.6. The van der Waals surface area contributed by atoms with Crippen molar-refractivity contribution in [3.05, 3.63) is 0 Å². The highest BCUT2D eigenvalue weighted by Gasteiger charge is 2.26. The van der Waals surface area contributed by atoms with E-state index in [9.17, 15) is 9.90 Å². The van der Waals surface area contributed by atoms with E-state index in [0.29, 0.717) is 6.54 Å². The summed E-state index contributed by atoms with van der Waals surface area (Å²) in [5, 5.41) is 12.7. The van der Waals surface area contributed by atoms with E-state index in [1.165, 1.54) is 0 Å². The van der Waals surface area contributed by atoms with Gasteiger partial charge < -0.3 is 10.4 Å². The van der Waals surface area contributed by atoms with Gasteiger partial charge in [0, 0.05) is 6.54 Å². The SMILES string of the molecule is CC(C)(C)C(O)CNC(=O)C1CCCS1. The standard InChI is InChI=1S/C11H21NO2S/c1-11(2,3)9(13)7-12-10(14)8-5-4-6-15-8/h8-9,13H,4-7H2,1-3H3,(H,12,14). The Morgan fingerprint density at radius 3 is 2.73 bits per heavy atom. The van der Waals surface area contributed by atoms with Crippen molar-refractivity contribution in [3.63, 3.8) is 0 Å². The minimum Gasteiger partial charge on any atom is -0.391 e. The molecule has 1 saturated heterocycles. The Kier molecular flexibility index (Phi) is 4.46. The molecule has 88 valence electrons. The third kappa shape index (κ3) is 4.03. The molecule has 2 N–H and O–H groups in total. The Bertz CT molecular complexity index is 219. The normalized spacial score (nSPS) is 23.9. The van der Waals surface area contributed by atoms with Gasteiger partial charge in [0.15, 0.2) is 0 Å². The van der Waals surface area contributed by atoms with Crippen LogP contribution in [0.3, 0.4) is 0 Å². The average molecular weight is 231 g/mol. The van der Waals surface area contributed by atoms with Crippen molar-refractivity contribution in [1.82, 2.24) is 5.32 Å². The molecule has 1 aliphatic heterocycles. The highest BCUT2D eigenvalue weighted by molar-refractivity contribution is 8.00. The van der Waals surface area contributed by atoms with Crippen LogP contribution in [0, 0.1) is 5.41 Å². The number of carbonyl (C=O) groups is 1. The van der Waals surface area contributed by atoms with E-state index in [1.54, 1.807) is 11.8 Å². The summed E-state index contributed by atoms with van der Waals surface area (Å²) in [6, 6.07) is 0. The highest BCUT2D eigenvalue weighted by atomic mass is 32.2. The molecule has 0 spiro atoms. The number of hydrogen-bond acceptors (Lipinski definition) is 3. The third-order valence-corrected chi connectivity index (χ3v) is 4.07. The molecule has 1 heterocycles. The molecule has 15 heavy (non-hydrogen) atoms. The summed E-state index contributed by atoms with van der Waals surface area (Å²) < 4.78 is 0. The topological polar surface area (TPSA) is 49.3 Å². The van der Waals surface area contributed by atoms with Gasteiger partial charge in [-0.15, -0.1) is 11.8 Å². The van der Waals surface area contributed by atoms with Gasteiger partial charge in [0.05, 0.1) is 11.4 Å². The van der Waals surface area contributed by atoms with Crippen molar-refractivity contribution < 1.29 is 9.90 Å². The molecular weight excluding hydrogens is 210 g/mol. The lowest BCUT2D eigenvalue weighted by Gasteiger charge is -2.26. The van der Waals surface area contributed by atoms with E-state index in [-0.39, 0.29) is 16.6 Å². The fraction of sp³-hybridized carbons (Fsp3) is 0.909. The van der Waals surface area contributed by atoms with E-state index >= 15 is 0 Å². The Morgan fingerprint density at radius 2 is 2.27 bits per heavy atom. The molecule has 4 heteroatoms. The summed E-state index contributed by atoms with van der Waals surface area (Å²) in [6.07, 6.45) is 1.63. The molecule has 0 aliphatic carbocycles. The maximum Gasteiger partial charge on any atom is 0.233 e. The number of carbonyl (C=O) groups excluding carboxylic acids is 1. The van der Waals surface area contributed by atoms with Gasteiger partial charge >= 0.3 is 0 Å². The predicted molar refractivity (Wildman–Crippen MR) is 64.0 cm³/mol. The predicted octanol–water partition coefficient (Wildman–Crippen LogP) is 1.41. The average Bonchev–Trinajstić information content (AvgIpc) is 2.64. The molecule has 0 saturated carbocycles. The molecule has 1 rings (SSSR count). The number of amides is 1. The zero-order chi connectivity index (χ0) is 11.5. The lowest BCUT2D eigenvalue weighted by molar-refractivity contribution is -0.121. The van der Waals surface area contributed by atoms with Crippen LogP contribution in [0.5, 0.6) is 0 Å². The van der Waals surface area contributed by atoms with Crippen molar-refractivity contribution in [3.8, 4) is 0 Å². The second kappa shape index (κ2) is 5.21. The number of rotatable bonds is 3. The number of hydrogen-bond donors (Lipinski definition) is 2. The third-order valence-electron chi connectivity index (χ3n) is 2.69. The Balaban J connectivity index is 2.27. The monoisotopic (exact) mass is 231 g/mol. The van der Waals surface area contributed by atoms with E-state index in [4.69, 9.17) is 0 Å². The fourth-order valence-electron chi connectivity index (χ4n) is 1.40. The first-order valence-corrected chi connectivity index (χ1v) is 6.53. The quantitative estimate of drug-likeness (QED) is 0.772. The molecule has 2 unspecified atom stereocenters. The number of nitrogens with one attached hydrogen (secondary N) is 1. The first-order chi connectivity index (χ1) is 6.91.